The van der Waals surface area contributed by atoms with Crippen LogP contribution in [0, 0.1) is 0 Å². The average molecular weight is 325 g/mol. The first-order chi connectivity index (χ1) is 11.5. The molecule has 2 aromatic rings. The van der Waals surface area contributed by atoms with E-state index in [1.54, 1.807) is 0 Å². The van der Waals surface area contributed by atoms with Crippen LogP contribution in [0.5, 0.6) is 0 Å². The first kappa shape index (κ1) is 17.5. The molecule has 2 aromatic carbocycles. The Morgan fingerprint density at radius 2 is 1.58 bits per heavy atom. The van der Waals surface area contributed by atoms with Gasteiger partial charge in [-0.1, -0.05) is 30.3 Å². The first-order valence-corrected chi connectivity index (χ1v) is 7.92. The summed E-state index contributed by atoms with van der Waals surface area (Å²) in [5, 5.41) is 5.41. The number of nitrogens with zero attached hydrogens (tertiary/aromatic N) is 1. The van der Waals surface area contributed by atoms with E-state index in [0.717, 1.165) is 11.3 Å². The fourth-order valence-corrected chi connectivity index (χ4v) is 2.22. The van der Waals surface area contributed by atoms with Crippen LogP contribution in [0.3, 0.4) is 0 Å². The van der Waals surface area contributed by atoms with E-state index in [2.05, 4.69) is 10.6 Å². The van der Waals surface area contributed by atoms with Crippen LogP contribution in [0.1, 0.15) is 12.0 Å². The molecule has 0 aromatic heterocycles. The number of hydrogen-bond acceptors (Lipinski definition) is 3. The lowest BCUT2D eigenvalue weighted by atomic mass is 10.1. The van der Waals surface area contributed by atoms with E-state index in [0.29, 0.717) is 18.5 Å². The van der Waals surface area contributed by atoms with Crippen molar-refractivity contribution in [2.45, 2.75) is 12.8 Å². The van der Waals surface area contributed by atoms with Gasteiger partial charge >= 0.3 is 0 Å². The van der Waals surface area contributed by atoms with Crippen LogP contribution < -0.4 is 15.5 Å². The van der Waals surface area contributed by atoms with E-state index in [9.17, 15) is 9.59 Å². The van der Waals surface area contributed by atoms with Gasteiger partial charge < -0.3 is 15.5 Å². The number of hydrogen-bond donors (Lipinski definition) is 2. The van der Waals surface area contributed by atoms with Gasteiger partial charge in [-0.3, -0.25) is 9.59 Å². The molecule has 0 aliphatic carbocycles. The molecule has 24 heavy (non-hydrogen) atoms. The largest absolute Gasteiger partial charge is 0.378 e. The first-order valence-electron chi connectivity index (χ1n) is 7.92. The molecule has 0 radical (unpaired) electrons. The van der Waals surface area contributed by atoms with Crippen molar-refractivity contribution in [2.24, 2.45) is 0 Å². The number of anilines is 2. The highest BCUT2D eigenvalue weighted by Crippen LogP contribution is 2.15. The van der Waals surface area contributed by atoms with Crippen molar-refractivity contribution in [3.8, 4) is 0 Å². The molecular formula is C19H23N3O2. The van der Waals surface area contributed by atoms with Crippen LogP contribution in [-0.4, -0.2) is 32.5 Å². The molecule has 0 saturated heterocycles. The molecule has 0 aliphatic rings. The highest BCUT2D eigenvalue weighted by atomic mass is 16.2. The summed E-state index contributed by atoms with van der Waals surface area (Å²) < 4.78 is 0. The fraction of sp³-hybridized carbons (Fsp3) is 0.263. The molecule has 126 valence electrons. The summed E-state index contributed by atoms with van der Waals surface area (Å²) >= 11 is 0. The fourth-order valence-electron chi connectivity index (χ4n) is 2.22. The second-order valence-electron chi connectivity index (χ2n) is 5.75. The van der Waals surface area contributed by atoms with Crippen molar-refractivity contribution >= 4 is 23.2 Å². The minimum atomic E-state index is -0.235. The molecule has 0 heterocycles. The highest BCUT2D eigenvalue weighted by Gasteiger charge is 2.06. The lowest BCUT2D eigenvalue weighted by Crippen LogP contribution is -2.32. The third-order valence-electron chi connectivity index (χ3n) is 3.60. The standard InChI is InChI=1S/C19H23N3O2/c1-22(2)17-11-9-16(10-12-17)21-19(24)14-20-18(23)13-8-15-6-4-3-5-7-15/h3-7,9-12H,8,13-14H2,1-2H3,(H,20,23)(H,21,24). The number of rotatable bonds is 7. The van der Waals surface area contributed by atoms with Crippen molar-refractivity contribution in [2.75, 3.05) is 30.9 Å². The van der Waals surface area contributed by atoms with Gasteiger partial charge in [0.2, 0.25) is 11.8 Å². The maximum absolute atomic E-state index is 11.9. The van der Waals surface area contributed by atoms with E-state index in [-0.39, 0.29) is 18.4 Å². The van der Waals surface area contributed by atoms with Crippen molar-refractivity contribution in [3.05, 3.63) is 60.2 Å². The zero-order valence-corrected chi connectivity index (χ0v) is 14.1. The third-order valence-corrected chi connectivity index (χ3v) is 3.60. The van der Waals surface area contributed by atoms with E-state index in [4.69, 9.17) is 0 Å². The molecule has 0 bridgehead atoms. The lowest BCUT2D eigenvalue weighted by molar-refractivity contribution is -0.124. The Bertz CT molecular complexity index is 667. The van der Waals surface area contributed by atoms with E-state index >= 15 is 0 Å². The van der Waals surface area contributed by atoms with Crippen molar-refractivity contribution in [3.63, 3.8) is 0 Å². The van der Waals surface area contributed by atoms with Crippen molar-refractivity contribution < 1.29 is 9.59 Å². The summed E-state index contributed by atoms with van der Waals surface area (Å²) in [5.74, 6) is -0.363. The lowest BCUT2D eigenvalue weighted by Gasteiger charge is -2.13. The minimum absolute atomic E-state index is 0.0247. The van der Waals surface area contributed by atoms with Crippen LogP contribution in [0.4, 0.5) is 11.4 Å². The molecule has 0 fully saturated rings. The molecule has 0 unspecified atom stereocenters. The molecule has 0 spiro atoms. The van der Waals surface area contributed by atoms with E-state index in [1.807, 2.05) is 73.6 Å². The van der Waals surface area contributed by atoms with Crippen LogP contribution in [0.15, 0.2) is 54.6 Å². The summed E-state index contributed by atoms with van der Waals surface area (Å²) in [5.41, 5.74) is 2.88. The molecule has 0 saturated carbocycles. The molecule has 0 atom stereocenters. The van der Waals surface area contributed by atoms with Gasteiger partial charge in [0.15, 0.2) is 0 Å². The van der Waals surface area contributed by atoms with Gasteiger partial charge in [0.05, 0.1) is 6.54 Å². The predicted molar refractivity (Wildman–Crippen MR) is 97.2 cm³/mol. The molecule has 5 nitrogen and oxygen atoms in total. The number of amides is 2. The molecular weight excluding hydrogens is 302 g/mol. The van der Waals surface area contributed by atoms with E-state index in [1.165, 1.54) is 0 Å². The summed E-state index contributed by atoms with van der Waals surface area (Å²) in [7, 11) is 3.91. The van der Waals surface area contributed by atoms with Gasteiger partial charge in [0.1, 0.15) is 0 Å². The molecule has 2 rings (SSSR count). The summed E-state index contributed by atoms with van der Waals surface area (Å²) in [4.78, 5) is 25.7. The molecule has 5 heteroatoms. The average Bonchev–Trinajstić information content (AvgIpc) is 2.59. The van der Waals surface area contributed by atoms with Gasteiger partial charge in [-0.15, -0.1) is 0 Å². The Kier molecular flexibility index (Phi) is 6.37. The van der Waals surface area contributed by atoms with Gasteiger partial charge in [-0.25, -0.2) is 0 Å². The predicted octanol–water partition coefficient (Wildman–Crippen LogP) is 2.44. The van der Waals surface area contributed by atoms with Gasteiger partial charge in [-0.05, 0) is 36.2 Å². The number of aryl methyl sites for hydroxylation is 1. The van der Waals surface area contributed by atoms with Crippen LogP contribution in [0.2, 0.25) is 0 Å². The minimum Gasteiger partial charge on any atom is -0.378 e. The van der Waals surface area contributed by atoms with Crippen LogP contribution >= 0.6 is 0 Å². The van der Waals surface area contributed by atoms with Crippen LogP contribution in [-0.2, 0) is 16.0 Å². The van der Waals surface area contributed by atoms with Crippen molar-refractivity contribution in [1.29, 1.82) is 0 Å². The summed E-state index contributed by atoms with van der Waals surface area (Å²) in [6.45, 7) is -0.0247. The second kappa shape index (κ2) is 8.72. The topological polar surface area (TPSA) is 61.4 Å². The summed E-state index contributed by atoms with van der Waals surface area (Å²) in [6, 6.07) is 17.3. The summed E-state index contributed by atoms with van der Waals surface area (Å²) in [6.07, 6.45) is 1.04. The Balaban J connectivity index is 1.71. The Morgan fingerprint density at radius 3 is 2.21 bits per heavy atom. The highest BCUT2D eigenvalue weighted by molar-refractivity contribution is 5.94. The maximum Gasteiger partial charge on any atom is 0.243 e. The second-order valence-corrected chi connectivity index (χ2v) is 5.75. The SMILES string of the molecule is CN(C)c1ccc(NC(=O)CNC(=O)CCc2ccccc2)cc1. The van der Waals surface area contributed by atoms with Crippen LogP contribution in [0.25, 0.3) is 0 Å². The Hall–Kier alpha value is -2.82. The smallest absolute Gasteiger partial charge is 0.243 e. The Morgan fingerprint density at radius 1 is 0.917 bits per heavy atom. The van der Waals surface area contributed by atoms with Gasteiger partial charge in [0.25, 0.3) is 0 Å². The quantitative estimate of drug-likeness (QED) is 0.822. The number of benzene rings is 2. The number of nitrogens with one attached hydrogen (secondary N) is 2. The number of carbonyl (C=O) groups excluding carboxylic acids is 2. The van der Waals surface area contributed by atoms with Crippen molar-refractivity contribution in [1.82, 2.24) is 5.32 Å². The zero-order valence-electron chi connectivity index (χ0n) is 14.1. The molecule has 2 N–H and O–H groups in total. The number of carbonyl (C=O) groups is 2. The molecule has 0 aliphatic heterocycles. The maximum atomic E-state index is 11.9. The van der Waals surface area contributed by atoms with Gasteiger partial charge in [0, 0.05) is 31.9 Å². The zero-order chi connectivity index (χ0) is 17.4. The monoisotopic (exact) mass is 325 g/mol. The Labute approximate surface area is 142 Å². The molecule has 2 amide bonds. The van der Waals surface area contributed by atoms with E-state index < -0.39 is 0 Å². The van der Waals surface area contributed by atoms with Gasteiger partial charge in [-0.2, -0.15) is 0 Å². The third kappa shape index (κ3) is 5.76. The normalized spacial score (nSPS) is 10.1.